The average Bonchev–Trinajstić information content (AvgIpc) is 2.34. The quantitative estimate of drug-likeness (QED) is 0.285. The van der Waals surface area contributed by atoms with E-state index in [-0.39, 0.29) is 59.1 Å². The van der Waals surface area contributed by atoms with Gasteiger partial charge in [0.15, 0.2) is 0 Å². The van der Waals surface area contributed by atoms with Crippen LogP contribution in [0.2, 0.25) is 0 Å². The minimum absolute atomic E-state index is 0. The molecular formula is C12H22Na2O4+2. The predicted molar refractivity (Wildman–Crippen MR) is 65.1 cm³/mol. The molecule has 6 heteroatoms. The second-order valence-electron chi connectivity index (χ2n) is 3.98. The summed E-state index contributed by atoms with van der Waals surface area (Å²) in [7, 11) is 0. The van der Waals surface area contributed by atoms with Crippen LogP contribution in [0.3, 0.4) is 0 Å². The van der Waals surface area contributed by atoms with Crippen LogP contribution in [0.15, 0.2) is 24.3 Å². The summed E-state index contributed by atoms with van der Waals surface area (Å²) >= 11 is 0. The second kappa shape index (κ2) is 18.1. The van der Waals surface area contributed by atoms with Gasteiger partial charge in [-0.3, -0.25) is 21.0 Å². The van der Waals surface area contributed by atoms with Crippen molar-refractivity contribution < 1.29 is 80.1 Å². The molecule has 0 aliphatic carbocycles. The van der Waals surface area contributed by atoms with Crippen LogP contribution < -0.4 is 59.1 Å². The minimum atomic E-state index is 0. The van der Waals surface area contributed by atoms with E-state index >= 15 is 0 Å². The molecule has 0 amide bonds. The van der Waals surface area contributed by atoms with Gasteiger partial charge in [-0.15, -0.1) is 0 Å². The fraction of sp³-hybridized carbons (Fsp3) is 0.500. The van der Waals surface area contributed by atoms with Gasteiger partial charge in [0, 0.05) is 0 Å². The van der Waals surface area contributed by atoms with E-state index in [1.165, 1.54) is 11.1 Å². The van der Waals surface area contributed by atoms with Crippen molar-refractivity contribution in [1.29, 1.82) is 0 Å². The van der Waals surface area contributed by atoms with Crippen molar-refractivity contribution in [3.8, 4) is 0 Å². The zero-order valence-electron chi connectivity index (χ0n) is 12.3. The Morgan fingerprint density at radius 3 is 1.22 bits per heavy atom. The van der Waals surface area contributed by atoms with E-state index in [0.29, 0.717) is 11.8 Å². The second-order valence-corrected chi connectivity index (χ2v) is 3.98. The van der Waals surface area contributed by atoms with Crippen LogP contribution in [-0.4, -0.2) is 21.0 Å². The summed E-state index contributed by atoms with van der Waals surface area (Å²) in [5.74, 6) is 1.28. The Hall–Kier alpha value is 1.06. The maximum Gasteiger partial charge on any atom is 1.00 e. The molecule has 18 heavy (non-hydrogen) atoms. The third kappa shape index (κ3) is 12.1. The summed E-state index contributed by atoms with van der Waals surface area (Å²) in [4.78, 5) is 0. The zero-order chi connectivity index (χ0) is 13.1. The van der Waals surface area contributed by atoms with E-state index in [1.54, 1.807) is 0 Å². The maximum atomic E-state index is 6.00. The van der Waals surface area contributed by atoms with E-state index in [0.717, 1.165) is 0 Å². The third-order valence-electron chi connectivity index (χ3n) is 2.24. The van der Waals surface area contributed by atoms with E-state index in [1.807, 2.05) is 0 Å². The van der Waals surface area contributed by atoms with Gasteiger partial charge in [-0.2, -0.15) is 0 Å². The van der Waals surface area contributed by atoms with Crippen molar-refractivity contribution in [3.05, 3.63) is 35.4 Å². The zero-order valence-corrected chi connectivity index (χ0v) is 16.3. The fourth-order valence-electron chi connectivity index (χ4n) is 1.28. The molecule has 0 aliphatic heterocycles. The van der Waals surface area contributed by atoms with Crippen LogP contribution in [0.5, 0.6) is 0 Å². The van der Waals surface area contributed by atoms with Crippen LogP contribution in [0.25, 0.3) is 0 Å². The van der Waals surface area contributed by atoms with E-state index in [9.17, 15) is 0 Å². The van der Waals surface area contributed by atoms with Gasteiger partial charge in [-0.25, -0.2) is 0 Å². The maximum absolute atomic E-state index is 6.00. The Balaban J connectivity index is -0.000000149. The Labute approximate surface area is 153 Å². The van der Waals surface area contributed by atoms with Gasteiger partial charge in [-0.1, -0.05) is 52.0 Å². The Morgan fingerprint density at radius 1 is 0.722 bits per heavy atom. The van der Waals surface area contributed by atoms with Crippen molar-refractivity contribution >= 4 is 0 Å². The largest absolute Gasteiger partial charge is 1.00 e. The van der Waals surface area contributed by atoms with Gasteiger partial charge >= 0.3 is 59.1 Å². The molecule has 94 valence electrons. The van der Waals surface area contributed by atoms with Crippen LogP contribution in [0.1, 0.15) is 50.7 Å². The average molecular weight is 276 g/mol. The number of hydrogen-bond donors (Lipinski definition) is 4. The Kier molecular flexibility index (Phi) is 27.5. The minimum Gasteiger partial charge on any atom is -0.255 e. The molecule has 0 bridgehead atoms. The molecule has 0 aliphatic rings. The van der Waals surface area contributed by atoms with Crippen molar-refractivity contribution in [1.82, 2.24) is 0 Å². The van der Waals surface area contributed by atoms with Gasteiger partial charge in [0.2, 0.25) is 0 Å². The summed E-state index contributed by atoms with van der Waals surface area (Å²) in [5.41, 5.74) is 2.89. The molecule has 0 spiro atoms. The molecule has 1 rings (SSSR count). The molecular weight excluding hydrogens is 254 g/mol. The van der Waals surface area contributed by atoms with E-state index in [2.05, 4.69) is 52.0 Å². The van der Waals surface area contributed by atoms with Crippen LogP contribution >= 0.6 is 0 Å². The van der Waals surface area contributed by atoms with Gasteiger partial charge in [0.25, 0.3) is 0 Å². The summed E-state index contributed by atoms with van der Waals surface area (Å²) in [6.07, 6.45) is 0. The molecule has 0 radical (unpaired) electrons. The number of rotatable bonds is 2. The van der Waals surface area contributed by atoms with Gasteiger partial charge in [-0.05, 0) is 23.0 Å². The van der Waals surface area contributed by atoms with Gasteiger partial charge in [0.1, 0.15) is 0 Å². The molecule has 0 heterocycles. The predicted octanol–water partition coefficient (Wildman–Crippen LogP) is -2.02. The molecule has 4 N–H and O–H groups in total. The standard InChI is InChI=1S/C12H18.2Na.2H2O2/c1-9(2)11-6-5-7-12(8-11)10(3)4;;;2*1-2/h5-10H,1-4H3;;;2*1-2H/q;2*+1;;. The van der Waals surface area contributed by atoms with Crippen molar-refractivity contribution in [2.24, 2.45) is 0 Å². The van der Waals surface area contributed by atoms with Gasteiger partial charge in [0.05, 0.1) is 0 Å². The molecule has 0 aromatic heterocycles. The summed E-state index contributed by atoms with van der Waals surface area (Å²) < 4.78 is 0. The Bertz CT molecular complexity index is 245. The van der Waals surface area contributed by atoms with Crippen LogP contribution in [0.4, 0.5) is 0 Å². The molecule has 0 fully saturated rings. The van der Waals surface area contributed by atoms with Crippen molar-refractivity contribution in [2.45, 2.75) is 39.5 Å². The molecule has 1 aromatic rings. The first-order chi connectivity index (χ1) is 7.61. The van der Waals surface area contributed by atoms with Crippen LogP contribution in [-0.2, 0) is 0 Å². The van der Waals surface area contributed by atoms with E-state index < -0.39 is 0 Å². The summed E-state index contributed by atoms with van der Waals surface area (Å²) in [6, 6.07) is 8.88. The van der Waals surface area contributed by atoms with E-state index in [4.69, 9.17) is 21.0 Å². The Morgan fingerprint density at radius 2 is 1.00 bits per heavy atom. The first-order valence-electron chi connectivity index (χ1n) is 5.11. The number of hydrogen-bond acceptors (Lipinski definition) is 4. The SMILES string of the molecule is CC(C)c1cccc(C(C)C)c1.OO.OO.[Na+].[Na+]. The summed E-state index contributed by atoms with van der Waals surface area (Å²) in [5, 5.41) is 24.0. The topological polar surface area (TPSA) is 80.9 Å². The smallest absolute Gasteiger partial charge is 0.255 e. The normalized spacial score (nSPS) is 8.11. The molecule has 0 unspecified atom stereocenters. The van der Waals surface area contributed by atoms with Crippen molar-refractivity contribution in [3.63, 3.8) is 0 Å². The molecule has 0 saturated heterocycles. The molecule has 1 aromatic carbocycles. The molecule has 4 nitrogen and oxygen atoms in total. The molecule has 0 atom stereocenters. The number of benzene rings is 1. The van der Waals surface area contributed by atoms with Gasteiger partial charge < -0.3 is 0 Å². The monoisotopic (exact) mass is 276 g/mol. The fourth-order valence-corrected chi connectivity index (χ4v) is 1.28. The first kappa shape index (κ1) is 27.4. The molecule has 0 saturated carbocycles. The summed E-state index contributed by atoms with van der Waals surface area (Å²) in [6.45, 7) is 8.94. The van der Waals surface area contributed by atoms with Crippen LogP contribution in [0, 0.1) is 0 Å². The first-order valence-corrected chi connectivity index (χ1v) is 5.11. The van der Waals surface area contributed by atoms with Crippen molar-refractivity contribution in [2.75, 3.05) is 0 Å². The third-order valence-corrected chi connectivity index (χ3v) is 2.24.